The maximum Gasteiger partial charge on any atom is 0.244 e. The molecule has 31 heavy (non-hydrogen) atoms. The number of likely N-dealkylation sites (N-methyl/N-ethyl adjacent to an activating group) is 1. The van der Waals surface area contributed by atoms with Gasteiger partial charge in [-0.2, -0.15) is 0 Å². The first kappa shape index (κ1) is 25.1. The normalized spacial score (nSPS) is 11.4. The number of hydrogen-bond acceptors (Lipinski definition) is 7. The van der Waals surface area contributed by atoms with E-state index in [9.17, 15) is 13.2 Å². The molecule has 0 aliphatic carbocycles. The number of para-hydroxylation sites is 1. The summed E-state index contributed by atoms with van der Waals surface area (Å²) in [5.74, 6) is -0.566. The van der Waals surface area contributed by atoms with E-state index in [0.717, 1.165) is 15.8 Å². The molecule has 0 spiro atoms. The van der Waals surface area contributed by atoms with Crippen molar-refractivity contribution in [2.75, 3.05) is 44.9 Å². The third kappa shape index (κ3) is 5.94. The molecular weight excluding hydrogens is 458 g/mol. The summed E-state index contributed by atoms with van der Waals surface area (Å²) in [7, 11) is 1.52. The first-order valence-electron chi connectivity index (χ1n) is 9.39. The number of rotatable bonds is 8. The number of aromatic nitrogens is 1. The fourth-order valence-corrected chi connectivity index (χ4v) is 5.21. The van der Waals surface area contributed by atoms with Crippen LogP contribution in [0.1, 0.15) is 5.56 Å². The molecule has 3 aromatic rings. The maximum absolute atomic E-state index is 13.1. The summed E-state index contributed by atoms with van der Waals surface area (Å²) in [6.45, 7) is 2.90. The van der Waals surface area contributed by atoms with Crippen molar-refractivity contribution in [3.05, 3.63) is 48.0 Å². The number of benzene rings is 2. The van der Waals surface area contributed by atoms with E-state index in [-0.39, 0.29) is 17.3 Å². The lowest BCUT2D eigenvalue weighted by atomic mass is 10.2. The van der Waals surface area contributed by atoms with Gasteiger partial charge in [-0.25, -0.2) is 13.4 Å². The molecule has 0 fully saturated rings. The van der Waals surface area contributed by atoms with Gasteiger partial charge in [-0.3, -0.25) is 9.69 Å². The van der Waals surface area contributed by atoms with Crippen LogP contribution < -0.4 is 9.64 Å². The first-order chi connectivity index (χ1) is 14.2. The Hall–Kier alpha value is -2.20. The molecule has 0 unspecified atom stereocenters. The molecule has 0 N–H and O–H groups in total. The summed E-state index contributed by atoms with van der Waals surface area (Å²) < 4.78 is 31.7. The number of ether oxygens (including phenoxy) is 1. The van der Waals surface area contributed by atoms with E-state index in [2.05, 4.69) is 4.98 Å². The highest BCUT2D eigenvalue weighted by Gasteiger charge is 2.26. The van der Waals surface area contributed by atoms with Crippen LogP contribution in [0.25, 0.3) is 10.2 Å². The van der Waals surface area contributed by atoms with E-state index in [0.29, 0.717) is 24.0 Å². The zero-order chi connectivity index (χ0) is 21.9. The fraction of sp³-hybridized carbons (Fsp3) is 0.333. The van der Waals surface area contributed by atoms with Crippen molar-refractivity contribution >= 4 is 54.8 Å². The molecule has 1 heterocycles. The Morgan fingerprint density at radius 1 is 1.10 bits per heavy atom. The summed E-state index contributed by atoms with van der Waals surface area (Å²) in [5.41, 5.74) is 1.85. The van der Waals surface area contributed by atoms with Gasteiger partial charge in [0.1, 0.15) is 11.5 Å². The number of halogens is 1. The molecule has 1 aromatic heterocycles. The lowest BCUT2D eigenvalue weighted by molar-refractivity contribution is -0.116. The molecule has 168 valence electrons. The van der Waals surface area contributed by atoms with Gasteiger partial charge in [-0.15, -0.1) is 12.4 Å². The number of methoxy groups -OCH3 is 1. The second-order valence-corrected chi connectivity index (χ2v) is 10.2. The van der Waals surface area contributed by atoms with Gasteiger partial charge in [0, 0.05) is 13.1 Å². The second kappa shape index (κ2) is 10.4. The van der Waals surface area contributed by atoms with E-state index < -0.39 is 21.5 Å². The number of aryl methyl sites for hydroxylation is 1. The number of carbonyl (C=O) groups is 1. The van der Waals surface area contributed by atoms with E-state index >= 15 is 0 Å². The summed E-state index contributed by atoms with van der Waals surface area (Å²) in [6.07, 6.45) is 0. The molecule has 0 saturated carbocycles. The monoisotopic (exact) mass is 483 g/mol. The minimum atomic E-state index is -3.80. The molecular formula is C21H26ClN3O4S2. The maximum atomic E-state index is 13.1. The Bertz CT molecular complexity index is 1150. The zero-order valence-electron chi connectivity index (χ0n) is 17.9. The number of nitrogens with zero attached hydrogens (tertiary/aromatic N) is 3. The van der Waals surface area contributed by atoms with Crippen LogP contribution >= 0.6 is 23.7 Å². The highest BCUT2D eigenvalue weighted by molar-refractivity contribution is 7.92. The number of anilines is 1. The summed E-state index contributed by atoms with van der Waals surface area (Å²) >= 11 is 1.39. The van der Waals surface area contributed by atoms with Crippen LogP contribution in [0, 0.1) is 6.92 Å². The van der Waals surface area contributed by atoms with Gasteiger partial charge < -0.3 is 9.64 Å². The summed E-state index contributed by atoms with van der Waals surface area (Å²) in [6, 6.07) is 11.9. The lowest BCUT2D eigenvalue weighted by Gasteiger charge is -2.22. The van der Waals surface area contributed by atoms with Crippen LogP contribution in [-0.4, -0.2) is 64.3 Å². The number of hydrogen-bond donors (Lipinski definition) is 0. The van der Waals surface area contributed by atoms with E-state index in [1.54, 1.807) is 12.1 Å². The molecule has 3 rings (SSSR count). The van der Waals surface area contributed by atoms with Crippen molar-refractivity contribution in [1.82, 2.24) is 9.88 Å². The summed E-state index contributed by atoms with van der Waals surface area (Å²) in [4.78, 5) is 21.2. The number of amides is 1. The fourth-order valence-electron chi connectivity index (χ4n) is 2.92. The van der Waals surface area contributed by atoms with Crippen LogP contribution in [0.3, 0.4) is 0 Å². The topological polar surface area (TPSA) is 79.8 Å². The predicted molar refractivity (Wildman–Crippen MR) is 128 cm³/mol. The second-order valence-electron chi connectivity index (χ2n) is 7.20. The van der Waals surface area contributed by atoms with Crippen molar-refractivity contribution in [2.45, 2.75) is 11.8 Å². The summed E-state index contributed by atoms with van der Waals surface area (Å²) in [5, 5.41) is 0.510. The Morgan fingerprint density at radius 3 is 2.35 bits per heavy atom. The molecule has 10 heteroatoms. The number of sulfone groups is 1. The van der Waals surface area contributed by atoms with Gasteiger partial charge in [-0.1, -0.05) is 23.5 Å². The molecule has 0 aliphatic rings. The lowest BCUT2D eigenvalue weighted by Crippen LogP contribution is -2.40. The smallest absolute Gasteiger partial charge is 0.244 e. The average molecular weight is 484 g/mol. The van der Waals surface area contributed by atoms with Gasteiger partial charge in [0.2, 0.25) is 5.91 Å². The largest absolute Gasteiger partial charge is 0.497 e. The minimum absolute atomic E-state index is 0. The molecule has 7 nitrogen and oxygen atoms in total. The highest BCUT2D eigenvalue weighted by atomic mass is 35.5. The van der Waals surface area contributed by atoms with E-state index in [1.807, 2.05) is 44.1 Å². The van der Waals surface area contributed by atoms with Crippen LogP contribution in [-0.2, 0) is 14.6 Å². The van der Waals surface area contributed by atoms with Crippen molar-refractivity contribution in [2.24, 2.45) is 0 Å². The van der Waals surface area contributed by atoms with Crippen molar-refractivity contribution in [1.29, 1.82) is 0 Å². The quantitative estimate of drug-likeness (QED) is 0.488. The van der Waals surface area contributed by atoms with Crippen LogP contribution in [0.5, 0.6) is 5.75 Å². The Labute approximate surface area is 193 Å². The third-order valence-electron chi connectivity index (χ3n) is 4.64. The number of carbonyl (C=O) groups excluding carboxylic acids is 1. The Kier molecular flexibility index (Phi) is 8.41. The number of thiazole rings is 1. The molecule has 0 radical (unpaired) electrons. The third-order valence-corrected chi connectivity index (χ3v) is 7.31. The van der Waals surface area contributed by atoms with Gasteiger partial charge >= 0.3 is 0 Å². The molecule has 0 bridgehead atoms. The average Bonchev–Trinajstić information content (AvgIpc) is 3.13. The molecule has 0 saturated heterocycles. The first-order valence-corrected chi connectivity index (χ1v) is 11.9. The van der Waals surface area contributed by atoms with Gasteiger partial charge in [0.25, 0.3) is 0 Å². The predicted octanol–water partition coefficient (Wildman–Crippen LogP) is 3.40. The van der Waals surface area contributed by atoms with Gasteiger partial charge in [-0.05, 0) is 56.9 Å². The van der Waals surface area contributed by atoms with Crippen LogP contribution in [0.4, 0.5) is 5.13 Å². The van der Waals surface area contributed by atoms with Crippen molar-refractivity contribution < 1.29 is 17.9 Å². The Morgan fingerprint density at radius 2 is 1.77 bits per heavy atom. The van der Waals surface area contributed by atoms with E-state index in [4.69, 9.17) is 4.74 Å². The standard InChI is InChI=1S/C21H25N3O4S2.ClH/c1-15-6-5-7-18-20(15)22-21(29-18)24(13-12-23(2)3)19(25)14-30(26,27)17-10-8-16(28-4)9-11-17;/h5-11H,12-14H2,1-4H3;1H. The minimum Gasteiger partial charge on any atom is -0.497 e. The SMILES string of the molecule is COc1ccc(S(=O)(=O)CC(=O)N(CCN(C)C)c2nc3c(C)cccc3s2)cc1.Cl. The number of fused-ring (bicyclic) bond motifs is 1. The van der Waals surface area contributed by atoms with Crippen LogP contribution in [0.2, 0.25) is 0 Å². The zero-order valence-corrected chi connectivity index (χ0v) is 20.3. The molecule has 2 aromatic carbocycles. The Balaban J connectivity index is 0.00000341. The molecule has 0 atom stereocenters. The van der Waals surface area contributed by atoms with Gasteiger partial charge in [0.15, 0.2) is 15.0 Å². The highest BCUT2D eigenvalue weighted by Crippen LogP contribution is 2.31. The van der Waals surface area contributed by atoms with E-state index in [1.165, 1.54) is 35.5 Å². The van der Waals surface area contributed by atoms with Crippen molar-refractivity contribution in [3.8, 4) is 5.75 Å². The van der Waals surface area contributed by atoms with Gasteiger partial charge in [0.05, 0.1) is 22.2 Å². The molecule has 0 aliphatic heterocycles. The van der Waals surface area contributed by atoms with Crippen molar-refractivity contribution in [3.63, 3.8) is 0 Å². The van der Waals surface area contributed by atoms with Crippen LogP contribution in [0.15, 0.2) is 47.4 Å². The molecule has 1 amide bonds.